The second-order valence-electron chi connectivity index (χ2n) is 5.22. The van der Waals surface area contributed by atoms with Crippen LogP contribution in [0.5, 0.6) is 11.5 Å². The maximum Gasteiger partial charge on any atom is 0.453 e. The Morgan fingerprint density at radius 3 is 2.69 bits per heavy atom. The van der Waals surface area contributed by atoms with Gasteiger partial charge in [-0.25, -0.2) is 4.68 Å². The van der Waals surface area contributed by atoms with Gasteiger partial charge in [-0.3, -0.25) is 4.79 Å². The van der Waals surface area contributed by atoms with Gasteiger partial charge in [-0.2, -0.15) is 13.2 Å². The van der Waals surface area contributed by atoms with E-state index in [9.17, 15) is 18.0 Å². The molecule has 0 spiro atoms. The Balaban J connectivity index is 1.60. The van der Waals surface area contributed by atoms with Gasteiger partial charge < -0.3 is 20.6 Å². The summed E-state index contributed by atoms with van der Waals surface area (Å²) in [6, 6.07) is 4.94. The Hall–Kier alpha value is -2.63. The molecule has 0 saturated carbocycles. The summed E-state index contributed by atoms with van der Waals surface area (Å²) in [5.41, 5.74) is 0.477. The van der Waals surface area contributed by atoms with E-state index in [1.165, 1.54) is 0 Å². The Morgan fingerprint density at radius 1 is 1.27 bits per heavy atom. The minimum Gasteiger partial charge on any atom is -0.490 e. The van der Waals surface area contributed by atoms with E-state index in [2.05, 4.69) is 15.5 Å². The van der Waals surface area contributed by atoms with Crippen molar-refractivity contribution in [3.8, 4) is 11.5 Å². The molecule has 3 N–H and O–H groups in total. The smallest absolute Gasteiger partial charge is 0.453 e. The largest absolute Gasteiger partial charge is 0.490 e. The molecule has 1 aliphatic heterocycles. The monoisotopic (exact) mass is 389 g/mol. The highest BCUT2D eigenvalue weighted by molar-refractivity contribution is 7.99. The van der Waals surface area contributed by atoms with Gasteiger partial charge in [0.15, 0.2) is 11.5 Å². The number of hydrogen-bond donors (Lipinski definition) is 2. The van der Waals surface area contributed by atoms with E-state index in [1.807, 2.05) is 0 Å². The minimum atomic E-state index is -4.72. The lowest BCUT2D eigenvalue weighted by atomic mass is 10.2. The topological polar surface area (TPSA) is 104 Å². The normalized spacial score (nSPS) is 14.0. The standard InChI is InChI=1S/C14H14F3N5O3S/c15-14(16,17)12-20-21-13(22(12)18)26-7-11(23)19-8-2-3-9-10(6-8)25-5-1-4-24-9/h2-3,6H,1,4-5,7,18H2,(H,19,23). The van der Waals surface area contributed by atoms with E-state index in [4.69, 9.17) is 15.3 Å². The van der Waals surface area contributed by atoms with Crippen molar-refractivity contribution in [3.63, 3.8) is 0 Å². The van der Waals surface area contributed by atoms with Gasteiger partial charge in [0, 0.05) is 18.2 Å². The summed E-state index contributed by atoms with van der Waals surface area (Å²) in [7, 11) is 0. The molecule has 1 amide bonds. The molecule has 0 atom stereocenters. The van der Waals surface area contributed by atoms with Gasteiger partial charge in [0.25, 0.3) is 5.82 Å². The molecule has 26 heavy (non-hydrogen) atoms. The fourth-order valence-corrected chi connectivity index (χ4v) is 2.79. The maximum absolute atomic E-state index is 12.6. The summed E-state index contributed by atoms with van der Waals surface area (Å²) in [6.07, 6.45) is -3.96. The Morgan fingerprint density at radius 2 is 2.00 bits per heavy atom. The molecule has 2 heterocycles. The lowest BCUT2D eigenvalue weighted by molar-refractivity contribution is -0.146. The first-order chi connectivity index (χ1) is 12.3. The van der Waals surface area contributed by atoms with Crippen LogP contribution in [0.25, 0.3) is 0 Å². The maximum atomic E-state index is 12.6. The van der Waals surface area contributed by atoms with Gasteiger partial charge >= 0.3 is 6.18 Å². The van der Waals surface area contributed by atoms with Gasteiger partial charge in [0.2, 0.25) is 11.1 Å². The molecule has 12 heteroatoms. The predicted molar refractivity (Wildman–Crippen MR) is 86.6 cm³/mol. The number of fused-ring (bicyclic) bond motifs is 1. The highest BCUT2D eigenvalue weighted by Gasteiger charge is 2.38. The Bertz CT molecular complexity index is 812. The number of nitrogens with one attached hydrogen (secondary N) is 1. The van der Waals surface area contributed by atoms with Crippen molar-refractivity contribution in [2.75, 3.05) is 30.1 Å². The number of aromatic nitrogens is 3. The third-order valence-electron chi connectivity index (χ3n) is 3.28. The molecular formula is C14H14F3N5O3S. The fourth-order valence-electron chi connectivity index (χ4n) is 2.14. The third-order valence-corrected chi connectivity index (χ3v) is 4.22. The van der Waals surface area contributed by atoms with Crippen molar-refractivity contribution in [3.05, 3.63) is 24.0 Å². The number of thioether (sulfide) groups is 1. The SMILES string of the molecule is Nn1c(SCC(=O)Nc2ccc3c(c2)OCCCO3)nnc1C(F)(F)F. The zero-order valence-electron chi connectivity index (χ0n) is 13.2. The molecule has 0 saturated heterocycles. The number of carbonyl (C=O) groups is 1. The molecule has 3 rings (SSSR count). The molecule has 0 fully saturated rings. The molecule has 8 nitrogen and oxygen atoms in total. The number of nitrogens with zero attached hydrogens (tertiary/aromatic N) is 3. The van der Waals surface area contributed by atoms with Gasteiger partial charge in [-0.05, 0) is 12.1 Å². The summed E-state index contributed by atoms with van der Waals surface area (Å²) in [5.74, 6) is 4.45. The zero-order chi connectivity index (χ0) is 18.7. The Labute approximate surface area is 149 Å². The van der Waals surface area contributed by atoms with Gasteiger partial charge in [0.1, 0.15) is 0 Å². The van der Waals surface area contributed by atoms with Crippen molar-refractivity contribution in [2.45, 2.75) is 17.8 Å². The molecule has 2 aromatic rings. The van der Waals surface area contributed by atoms with Gasteiger partial charge in [0.05, 0.1) is 19.0 Å². The molecule has 0 radical (unpaired) electrons. The summed E-state index contributed by atoms with van der Waals surface area (Å²) < 4.78 is 49.1. The fraction of sp³-hybridized carbons (Fsp3) is 0.357. The number of rotatable bonds is 4. The average molecular weight is 389 g/mol. The number of amides is 1. The van der Waals surface area contributed by atoms with Crippen LogP contribution < -0.4 is 20.6 Å². The number of nitrogens with two attached hydrogens (primary N) is 1. The number of halogens is 3. The molecule has 1 aliphatic rings. The predicted octanol–water partition coefficient (Wildman–Crippen LogP) is 1.90. The van der Waals surface area contributed by atoms with Crippen LogP contribution >= 0.6 is 11.8 Å². The highest BCUT2D eigenvalue weighted by atomic mass is 32.2. The summed E-state index contributed by atoms with van der Waals surface area (Å²) in [5, 5.41) is 8.74. The van der Waals surface area contributed by atoms with E-state index in [-0.39, 0.29) is 10.9 Å². The highest BCUT2D eigenvalue weighted by Crippen LogP contribution is 2.32. The molecule has 1 aromatic heterocycles. The van der Waals surface area contributed by atoms with E-state index in [0.717, 1.165) is 18.2 Å². The number of carbonyl (C=O) groups excluding carboxylic acids is 1. The Kier molecular flexibility index (Phi) is 5.11. The first-order valence-corrected chi connectivity index (χ1v) is 8.43. The van der Waals surface area contributed by atoms with Crippen LogP contribution in [0.4, 0.5) is 18.9 Å². The second-order valence-corrected chi connectivity index (χ2v) is 6.17. The first-order valence-electron chi connectivity index (χ1n) is 7.44. The van der Waals surface area contributed by atoms with Crippen molar-refractivity contribution >= 4 is 23.4 Å². The van der Waals surface area contributed by atoms with E-state index < -0.39 is 17.9 Å². The van der Waals surface area contributed by atoms with Crippen LogP contribution in [0.2, 0.25) is 0 Å². The molecule has 0 aliphatic carbocycles. The number of hydrogen-bond acceptors (Lipinski definition) is 7. The molecule has 0 bridgehead atoms. The van der Waals surface area contributed by atoms with Crippen LogP contribution in [-0.4, -0.2) is 39.7 Å². The summed E-state index contributed by atoms with van der Waals surface area (Å²) in [6.45, 7) is 1.06. The van der Waals surface area contributed by atoms with E-state index in [0.29, 0.717) is 35.1 Å². The van der Waals surface area contributed by atoms with Crippen LogP contribution in [0.15, 0.2) is 23.4 Å². The average Bonchev–Trinajstić information content (AvgIpc) is 2.80. The van der Waals surface area contributed by atoms with Crippen LogP contribution in [0.3, 0.4) is 0 Å². The number of ether oxygens (including phenoxy) is 2. The minimum absolute atomic E-state index is 0.193. The van der Waals surface area contributed by atoms with Crippen molar-refractivity contribution in [2.24, 2.45) is 0 Å². The van der Waals surface area contributed by atoms with Crippen LogP contribution in [-0.2, 0) is 11.0 Å². The molecule has 0 unspecified atom stereocenters. The number of alkyl halides is 3. The molecular weight excluding hydrogens is 375 g/mol. The van der Waals surface area contributed by atoms with Crippen molar-refractivity contribution < 1.29 is 27.4 Å². The number of benzene rings is 1. The van der Waals surface area contributed by atoms with Gasteiger partial charge in [-0.1, -0.05) is 11.8 Å². The van der Waals surface area contributed by atoms with E-state index >= 15 is 0 Å². The quantitative estimate of drug-likeness (QED) is 0.608. The summed E-state index contributed by atoms with van der Waals surface area (Å²) >= 11 is 0.740. The zero-order valence-corrected chi connectivity index (χ0v) is 14.1. The lowest BCUT2D eigenvalue weighted by Gasteiger charge is -2.10. The number of anilines is 1. The van der Waals surface area contributed by atoms with E-state index in [1.54, 1.807) is 18.2 Å². The lowest BCUT2D eigenvalue weighted by Crippen LogP contribution is -2.22. The third kappa shape index (κ3) is 4.12. The second kappa shape index (κ2) is 7.32. The first kappa shape index (κ1) is 18.2. The van der Waals surface area contributed by atoms with Crippen molar-refractivity contribution in [1.82, 2.24) is 14.9 Å². The molecule has 140 valence electrons. The molecule has 1 aromatic carbocycles. The summed E-state index contributed by atoms with van der Waals surface area (Å²) in [4.78, 5) is 12.0. The van der Waals surface area contributed by atoms with Gasteiger partial charge in [-0.15, -0.1) is 10.2 Å². The van der Waals surface area contributed by atoms with Crippen molar-refractivity contribution in [1.29, 1.82) is 0 Å². The van der Waals surface area contributed by atoms with Crippen LogP contribution in [0.1, 0.15) is 12.2 Å². The van der Waals surface area contributed by atoms with Crippen LogP contribution in [0, 0.1) is 0 Å². The number of nitrogen functional groups attached to an aromatic ring is 1.